The van der Waals surface area contributed by atoms with Crippen molar-refractivity contribution in [1.29, 1.82) is 5.26 Å². The number of aromatic nitrogens is 1. The first-order valence-electron chi connectivity index (χ1n) is 6.37. The van der Waals surface area contributed by atoms with Crippen molar-refractivity contribution in [3.05, 3.63) is 48.2 Å². The van der Waals surface area contributed by atoms with Gasteiger partial charge in [-0.25, -0.2) is 4.79 Å². The van der Waals surface area contributed by atoms with E-state index in [0.29, 0.717) is 11.3 Å². The van der Waals surface area contributed by atoms with Crippen molar-refractivity contribution in [2.24, 2.45) is 0 Å². The molecule has 3 aromatic rings. The van der Waals surface area contributed by atoms with E-state index in [9.17, 15) is 4.79 Å². The quantitative estimate of drug-likeness (QED) is 0.692. The highest BCUT2D eigenvalue weighted by Crippen LogP contribution is 2.29. The average Bonchev–Trinajstić information content (AvgIpc) is 2.86. The molecular weight excluding hydrogens is 268 g/mol. The Labute approximate surface area is 120 Å². The van der Waals surface area contributed by atoms with Crippen LogP contribution in [0.2, 0.25) is 0 Å². The number of hydrogen-bond donors (Lipinski definition) is 0. The summed E-state index contributed by atoms with van der Waals surface area (Å²) >= 11 is 0. The standard InChI is InChI=1S/C16H12N2O3/c1-20-16(19)15-12-4-2-3-5-13(12)18-10-11(21-9-8-17)6-7-14(15)18/h2-7,10H,9H2,1H3. The Hall–Kier alpha value is -3.00. The maximum Gasteiger partial charge on any atom is 0.340 e. The van der Waals surface area contributed by atoms with Gasteiger partial charge in [0.25, 0.3) is 0 Å². The fraction of sp³-hybridized carbons (Fsp3) is 0.125. The molecule has 0 unspecified atom stereocenters. The summed E-state index contributed by atoms with van der Waals surface area (Å²) in [6.45, 7) is -0.0193. The van der Waals surface area contributed by atoms with Crippen LogP contribution in [-0.2, 0) is 4.74 Å². The van der Waals surface area contributed by atoms with Gasteiger partial charge in [-0.05, 0) is 18.2 Å². The predicted molar refractivity (Wildman–Crippen MR) is 77.4 cm³/mol. The van der Waals surface area contributed by atoms with Crippen LogP contribution in [0.3, 0.4) is 0 Å². The first kappa shape index (κ1) is 13.0. The number of methoxy groups -OCH3 is 1. The van der Waals surface area contributed by atoms with Crippen molar-refractivity contribution in [3.8, 4) is 11.8 Å². The molecule has 3 rings (SSSR count). The molecule has 0 radical (unpaired) electrons. The van der Waals surface area contributed by atoms with Crippen LogP contribution in [0.15, 0.2) is 42.6 Å². The van der Waals surface area contributed by atoms with E-state index in [0.717, 1.165) is 16.4 Å². The fourth-order valence-corrected chi connectivity index (χ4v) is 2.43. The zero-order valence-electron chi connectivity index (χ0n) is 11.4. The number of esters is 1. The molecule has 5 nitrogen and oxygen atoms in total. The number of carbonyl (C=O) groups excluding carboxylic acids is 1. The van der Waals surface area contributed by atoms with E-state index in [1.54, 1.807) is 18.3 Å². The van der Waals surface area contributed by atoms with Crippen molar-refractivity contribution in [2.75, 3.05) is 13.7 Å². The molecule has 104 valence electrons. The van der Waals surface area contributed by atoms with E-state index in [4.69, 9.17) is 14.7 Å². The van der Waals surface area contributed by atoms with Gasteiger partial charge >= 0.3 is 5.97 Å². The number of rotatable bonds is 3. The monoisotopic (exact) mass is 280 g/mol. The Morgan fingerprint density at radius 1 is 1.24 bits per heavy atom. The van der Waals surface area contributed by atoms with Crippen LogP contribution in [0.5, 0.6) is 5.75 Å². The molecular formula is C16H12N2O3. The Kier molecular flexibility index (Phi) is 3.20. The molecule has 2 heterocycles. The third-order valence-corrected chi connectivity index (χ3v) is 3.30. The fourth-order valence-electron chi connectivity index (χ4n) is 2.43. The number of fused-ring (bicyclic) bond motifs is 3. The van der Waals surface area contributed by atoms with Gasteiger partial charge < -0.3 is 13.9 Å². The molecule has 0 N–H and O–H groups in total. The molecule has 0 bridgehead atoms. The summed E-state index contributed by atoms with van der Waals surface area (Å²) in [6.07, 6.45) is 1.77. The first-order chi connectivity index (χ1) is 10.3. The van der Waals surface area contributed by atoms with Crippen molar-refractivity contribution in [1.82, 2.24) is 4.40 Å². The summed E-state index contributed by atoms with van der Waals surface area (Å²) in [4.78, 5) is 12.0. The minimum Gasteiger partial charge on any atom is -0.477 e. The largest absolute Gasteiger partial charge is 0.477 e. The maximum atomic E-state index is 12.0. The van der Waals surface area contributed by atoms with Gasteiger partial charge in [0.15, 0.2) is 6.61 Å². The molecule has 0 aliphatic carbocycles. The highest BCUT2D eigenvalue weighted by Gasteiger charge is 2.18. The van der Waals surface area contributed by atoms with Crippen LogP contribution in [0.1, 0.15) is 10.4 Å². The van der Waals surface area contributed by atoms with E-state index in [1.165, 1.54) is 7.11 Å². The second kappa shape index (κ2) is 5.17. The van der Waals surface area contributed by atoms with Crippen molar-refractivity contribution in [2.45, 2.75) is 0 Å². The van der Waals surface area contributed by atoms with Crippen LogP contribution in [-0.4, -0.2) is 24.1 Å². The molecule has 5 heteroatoms. The molecule has 0 saturated heterocycles. The minimum absolute atomic E-state index is 0.0193. The Balaban J connectivity index is 2.30. The number of nitriles is 1. The number of nitrogens with zero attached hydrogens (tertiary/aromatic N) is 2. The van der Waals surface area contributed by atoms with Crippen LogP contribution in [0, 0.1) is 11.3 Å². The van der Waals surface area contributed by atoms with Crippen LogP contribution >= 0.6 is 0 Å². The summed E-state index contributed by atoms with van der Waals surface area (Å²) < 4.78 is 12.1. The summed E-state index contributed by atoms with van der Waals surface area (Å²) in [7, 11) is 1.37. The van der Waals surface area contributed by atoms with Crippen LogP contribution in [0.25, 0.3) is 16.4 Å². The lowest BCUT2D eigenvalue weighted by Gasteiger charge is -2.04. The number of hydrogen-bond acceptors (Lipinski definition) is 4. The van der Waals surface area contributed by atoms with Crippen LogP contribution in [0.4, 0.5) is 0 Å². The van der Waals surface area contributed by atoms with Gasteiger partial charge in [0.05, 0.1) is 29.9 Å². The maximum absolute atomic E-state index is 12.0. The Bertz CT molecular complexity index is 874. The molecule has 0 fully saturated rings. The van der Waals surface area contributed by atoms with Crippen molar-refractivity contribution >= 4 is 22.4 Å². The lowest BCUT2D eigenvalue weighted by molar-refractivity contribution is 0.0605. The average molecular weight is 280 g/mol. The second-order valence-corrected chi connectivity index (χ2v) is 4.45. The third-order valence-electron chi connectivity index (χ3n) is 3.30. The topological polar surface area (TPSA) is 63.7 Å². The molecule has 0 amide bonds. The zero-order valence-corrected chi connectivity index (χ0v) is 11.4. The lowest BCUT2D eigenvalue weighted by atomic mass is 10.1. The zero-order chi connectivity index (χ0) is 14.8. The van der Waals surface area contributed by atoms with E-state index >= 15 is 0 Å². The number of benzene rings is 1. The molecule has 2 aromatic heterocycles. The molecule has 0 aliphatic rings. The summed E-state index contributed by atoms with van der Waals surface area (Å²) in [5.41, 5.74) is 2.16. The first-order valence-corrected chi connectivity index (χ1v) is 6.37. The molecule has 0 saturated carbocycles. The van der Waals surface area contributed by atoms with Crippen molar-refractivity contribution < 1.29 is 14.3 Å². The summed E-state index contributed by atoms with van der Waals surface area (Å²) in [5, 5.41) is 9.40. The van der Waals surface area contributed by atoms with E-state index in [-0.39, 0.29) is 12.6 Å². The number of ether oxygens (including phenoxy) is 2. The number of carbonyl (C=O) groups is 1. The summed E-state index contributed by atoms with van der Waals surface area (Å²) in [6, 6.07) is 13.0. The SMILES string of the molecule is COC(=O)c1c2ccccc2n2cc(OCC#N)ccc12. The molecule has 21 heavy (non-hydrogen) atoms. The van der Waals surface area contributed by atoms with Gasteiger partial charge in [-0.15, -0.1) is 0 Å². The van der Waals surface area contributed by atoms with Gasteiger partial charge in [-0.2, -0.15) is 5.26 Å². The molecule has 0 aliphatic heterocycles. The van der Waals surface area contributed by atoms with Gasteiger partial charge in [0.2, 0.25) is 0 Å². The third kappa shape index (κ3) is 2.07. The lowest BCUT2D eigenvalue weighted by Crippen LogP contribution is -2.01. The van der Waals surface area contributed by atoms with Crippen molar-refractivity contribution in [3.63, 3.8) is 0 Å². The van der Waals surface area contributed by atoms with Gasteiger partial charge in [0.1, 0.15) is 11.8 Å². The second-order valence-electron chi connectivity index (χ2n) is 4.45. The molecule has 1 aromatic carbocycles. The summed E-state index contributed by atoms with van der Waals surface area (Å²) in [5.74, 6) is 0.195. The van der Waals surface area contributed by atoms with Gasteiger partial charge in [-0.1, -0.05) is 18.2 Å². The Morgan fingerprint density at radius 2 is 2.05 bits per heavy atom. The predicted octanol–water partition coefficient (Wildman–Crippen LogP) is 2.78. The number of para-hydroxylation sites is 1. The molecule has 0 atom stereocenters. The highest BCUT2D eigenvalue weighted by atomic mass is 16.5. The van der Waals surface area contributed by atoms with E-state index < -0.39 is 0 Å². The van der Waals surface area contributed by atoms with E-state index in [1.807, 2.05) is 34.7 Å². The van der Waals surface area contributed by atoms with E-state index in [2.05, 4.69) is 0 Å². The van der Waals surface area contributed by atoms with Gasteiger partial charge in [0, 0.05) is 5.39 Å². The molecule has 0 spiro atoms. The highest BCUT2D eigenvalue weighted by molar-refractivity contribution is 6.11. The van der Waals surface area contributed by atoms with Crippen LogP contribution < -0.4 is 4.74 Å². The smallest absolute Gasteiger partial charge is 0.340 e. The minimum atomic E-state index is -0.376. The Morgan fingerprint density at radius 3 is 2.81 bits per heavy atom. The normalized spacial score (nSPS) is 10.5. The van der Waals surface area contributed by atoms with Gasteiger partial charge in [-0.3, -0.25) is 0 Å². The number of pyridine rings is 1.